The summed E-state index contributed by atoms with van der Waals surface area (Å²) in [5.41, 5.74) is 5.61. The molecule has 0 saturated heterocycles. The summed E-state index contributed by atoms with van der Waals surface area (Å²) >= 11 is 0. The highest BCUT2D eigenvalue weighted by atomic mass is 16.5. The molecule has 1 aliphatic rings. The van der Waals surface area contributed by atoms with Crippen LogP contribution in [0.25, 0.3) is 0 Å². The number of urea groups is 1. The molecule has 7 nitrogen and oxygen atoms in total. The number of nitrogens with zero attached hydrogens (tertiary/aromatic N) is 1. The van der Waals surface area contributed by atoms with Crippen LogP contribution in [0.1, 0.15) is 25.7 Å². The molecule has 0 spiro atoms. The molecule has 1 aromatic rings. The first kappa shape index (κ1) is 15.0. The molecular weight excluding hydrogens is 272 g/mol. The van der Waals surface area contributed by atoms with Gasteiger partial charge in [0.15, 0.2) is 5.84 Å². The number of methoxy groups -OCH3 is 1. The van der Waals surface area contributed by atoms with Crippen LogP contribution in [0.3, 0.4) is 0 Å². The second-order valence-electron chi connectivity index (χ2n) is 5.08. The normalized spacial score (nSPS) is 17.3. The highest BCUT2D eigenvalue weighted by Crippen LogP contribution is 2.30. The molecule has 0 atom stereocenters. The Bertz CT molecular complexity index is 522. The lowest BCUT2D eigenvalue weighted by Gasteiger charge is -2.28. The molecule has 1 aliphatic carbocycles. The van der Waals surface area contributed by atoms with E-state index in [-0.39, 0.29) is 11.9 Å². The number of carbonyl (C=O) groups excluding carboxylic acids is 1. The monoisotopic (exact) mass is 292 g/mol. The van der Waals surface area contributed by atoms with E-state index >= 15 is 0 Å². The fraction of sp³-hybridized carbons (Fsp3) is 0.429. The van der Waals surface area contributed by atoms with Crippen LogP contribution in [-0.2, 0) is 0 Å². The zero-order valence-electron chi connectivity index (χ0n) is 11.9. The average Bonchev–Trinajstić information content (AvgIpc) is 2.96. The van der Waals surface area contributed by atoms with Gasteiger partial charge in [-0.15, -0.1) is 0 Å². The summed E-state index contributed by atoms with van der Waals surface area (Å²) in [4.78, 5) is 12.1. The third-order valence-corrected chi connectivity index (χ3v) is 3.76. The number of amides is 2. The lowest BCUT2D eigenvalue weighted by Crippen LogP contribution is -2.56. The maximum Gasteiger partial charge on any atom is 0.320 e. The summed E-state index contributed by atoms with van der Waals surface area (Å²) in [6, 6.07) is 6.61. The molecule has 0 radical (unpaired) electrons. The quantitative estimate of drug-likeness (QED) is 0.294. The van der Waals surface area contributed by atoms with Gasteiger partial charge in [-0.3, -0.25) is 0 Å². The molecule has 2 amide bonds. The number of benzene rings is 1. The second kappa shape index (κ2) is 6.34. The first-order valence-corrected chi connectivity index (χ1v) is 6.81. The number of ether oxygens (including phenoxy) is 1. The lowest BCUT2D eigenvalue weighted by molar-refractivity contribution is 0.243. The summed E-state index contributed by atoms with van der Waals surface area (Å²) in [6.45, 7) is 0. The van der Waals surface area contributed by atoms with Crippen molar-refractivity contribution in [3.05, 3.63) is 24.3 Å². The summed E-state index contributed by atoms with van der Waals surface area (Å²) in [6.07, 6.45) is 3.19. The third-order valence-electron chi connectivity index (χ3n) is 3.76. The number of amidine groups is 1. The van der Waals surface area contributed by atoms with Gasteiger partial charge < -0.3 is 26.3 Å². The Morgan fingerprint density at radius 1 is 1.33 bits per heavy atom. The smallest absolute Gasteiger partial charge is 0.320 e. The lowest BCUT2D eigenvalue weighted by atomic mass is 9.96. The van der Waals surface area contributed by atoms with Crippen LogP contribution in [-0.4, -0.2) is 29.7 Å². The second-order valence-corrected chi connectivity index (χ2v) is 5.08. The minimum Gasteiger partial charge on any atom is -0.497 e. The Kier molecular flexibility index (Phi) is 4.52. The minimum absolute atomic E-state index is 0.0462. The Hall–Kier alpha value is -2.44. The van der Waals surface area contributed by atoms with Gasteiger partial charge in [0.1, 0.15) is 11.3 Å². The van der Waals surface area contributed by atoms with Crippen molar-refractivity contribution in [3.63, 3.8) is 0 Å². The van der Waals surface area contributed by atoms with Crippen LogP contribution in [0.5, 0.6) is 5.75 Å². The molecule has 1 saturated carbocycles. The first-order chi connectivity index (χ1) is 10.1. The Balaban J connectivity index is 2.02. The molecule has 2 rings (SSSR count). The fourth-order valence-corrected chi connectivity index (χ4v) is 2.57. The van der Waals surface area contributed by atoms with E-state index in [2.05, 4.69) is 15.8 Å². The maximum absolute atomic E-state index is 12.1. The van der Waals surface area contributed by atoms with Crippen LogP contribution in [0.15, 0.2) is 29.4 Å². The molecule has 1 fully saturated rings. The number of nitrogens with one attached hydrogen (secondary N) is 2. The van der Waals surface area contributed by atoms with Crippen molar-refractivity contribution in [1.29, 1.82) is 0 Å². The van der Waals surface area contributed by atoms with E-state index in [1.807, 2.05) is 0 Å². The first-order valence-electron chi connectivity index (χ1n) is 6.81. The van der Waals surface area contributed by atoms with Crippen molar-refractivity contribution in [2.75, 3.05) is 12.4 Å². The molecule has 0 aliphatic heterocycles. The van der Waals surface area contributed by atoms with Crippen molar-refractivity contribution in [3.8, 4) is 5.75 Å². The van der Waals surface area contributed by atoms with Gasteiger partial charge >= 0.3 is 6.03 Å². The average molecular weight is 292 g/mol. The SMILES string of the molecule is COc1ccc(NC(=O)NC2(/C(N)=N/O)CCCC2)cc1. The maximum atomic E-state index is 12.1. The molecular formula is C14H20N4O3. The van der Waals surface area contributed by atoms with E-state index in [1.165, 1.54) is 0 Å². The number of hydrogen-bond donors (Lipinski definition) is 4. The molecule has 0 heterocycles. The van der Waals surface area contributed by atoms with E-state index in [9.17, 15) is 4.79 Å². The molecule has 114 valence electrons. The molecule has 5 N–H and O–H groups in total. The van der Waals surface area contributed by atoms with Gasteiger partial charge in [0.2, 0.25) is 0 Å². The van der Waals surface area contributed by atoms with Crippen molar-refractivity contribution >= 4 is 17.6 Å². The van der Waals surface area contributed by atoms with Crippen LogP contribution in [0, 0.1) is 0 Å². The molecule has 0 aromatic heterocycles. The van der Waals surface area contributed by atoms with E-state index in [0.29, 0.717) is 24.3 Å². The number of nitrogens with two attached hydrogens (primary N) is 1. The van der Waals surface area contributed by atoms with Gasteiger partial charge in [-0.25, -0.2) is 4.79 Å². The van der Waals surface area contributed by atoms with E-state index < -0.39 is 5.54 Å². The molecule has 0 unspecified atom stereocenters. The minimum atomic E-state index is -0.759. The van der Waals surface area contributed by atoms with Crippen LogP contribution in [0.2, 0.25) is 0 Å². The largest absolute Gasteiger partial charge is 0.497 e. The van der Waals surface area contributed by atoms with Crippen molar-refractivity contribution in [1.82, 2.24) is 5.32 Å². The van der Waals surface area contributed by atoms with E-state index in [1.54, 1.807) is 31.4 Å². The zero-order chi connectivity index (χ0) is 15.3. The van der Waals surface area contributed by atoms with Gasteiger partial charge in [-0.1, -0.05) is 18.0 Å². The number of hydrogen-bond acceptors (Lipinski definition) is 4. The fourth-order valence-electron chi connectivity index (χ4n) is 2.57. The standard InChI is InChI=1S/C14H20N4O3/c1-21-11-6-4-10(5-7-11)16-13(19)17-14(12(15)18-20)8-2-3-9-14/h4-7,20H,2-3,8-9H2,1H3,(H2,15,18)(H2,16,17,19). The zero-order valence-corrected chi connectivity index (χ0v) is 11.9. The van der Waals surface area contributed by atoms with Crippen LogP contribution < -0.4 is 21.1 Å². The van der Waals surface area contributed by atoms with Gasteiger partial charge in [-0.2, -0.15) is 0 Å². The Morgan fingerprint density at radius 2 is 1.95 bits per heavy atom. The highest BCUT2D eigenvalue weighted by Gasteiger charge is 2.39. The molecule has 1 aromatic carbocycles. The van der Waals surface area contributed by atoms with Crippen molar-refractivity contribution in [2.24, 2.45) is 10.9 Å². The number of oxime groups is 1. The highest BCUT2D eigenvalue weighted by molar-refractivity contribution is 5.97. The van der Waals surface area contributed by atoms with Gasteiger partial charge in [-0.05, 0) is 37.1 Å². The molecule has 0 bridgehead atoms. The predicted octanol–water partition coefficient (Wildman–Crippen LogP) is 1.88. The number of carbonyl (C=O) groups is 1. The Morgan fingerprint density at radius 3 is 2.48 bits per heavy atom. The summed E-state index contributed by atoms with van der Waals surface area (Å²) in [5, 5.41) is 17.5. The summed E-state index contributed by atoms with van der Waals surface area (Å²) < 4.78 is 5.06. The topological polar surface area (TPSA) is 109 Å². The van der Waals surface area contributed by atoms with Crippen molar-refractivity contribution < 1.29 is 14.7 Å². The predicted molar refractivity (Wildman–Crippen MR) is 79.8 cm³/mol. The van der Waals surface area contributed by atoms with Gasteiger partial charge in [0.05, 0.1) is 7.11 Å². The summed E-state index contributed by atoms with van der Waals surface area (Å²) in [7, 11) is 1.58. The van der Waals surface area contributed by atoms with Gasteiger partial charge in [0, 0.05) is 5.69 Å². The van der Waals surface area contributed by atoms with E-state index in [0.717, 1.165) is 12.8 Å². The summed E-state index contributed by atoms with van der Waals surface area (Å²) in [5.74, 6) is 0.759. The van der Waals surface area contributed by atoms with Crippen LogP contribution >= 0.6 is 0 Å². The van der Waals surface area contributed by atoms with E-state index in [4.69, 9.17) is 15.7 Å². The number of rotatable bonds is 4. The molecule has 21 heavy (non-hydrogen) atoms. The van der Waals surface area contributed by atoms with Gasteiger partial charge in [0.25, 0.3) is 0 Å². The Labute approximate surface area is 123 Å². The third kappa shape index (κ3) is 3.36. The number of anilines is 1. The molecule has 7 heteroatoms. The van der Waals surface area contributed by atoms with Crippen molar-refractivity contribution in [2.45, 2.75) is 31.2 Å². The van der Waals surface area contributed by atoms with Crippen LogP contribution in [0.4, 0.5) is 10.5 Å².